The van der Waals surface area contributed by atoms with Gasteiger partial charge in [0.05, 0.1) is 18.4 Å². The van der Waals surface area contributed by atoms with Crippen LogP contribution in [-0.2, 0) is 6.42 Å². The van der Waals surface area contributed by atoms with Gasteiger partial charge < -0.3 is 14.1 Å². The number of benzene rings is 2. The molecule has 6 rings (SSSR count). The number of para-hydroxylation sites is 1. The van der Waals surface area contributed by atoms with E-state index < -0.39 is 5.60 Å². The summed E-state index contributed by atoms with van der Waals surface area (Å²) < 4.78 is 12.1. The van der Waals surface area contributed by atoms with Crippen molar-refractivity contribution in [2.45, 2.75) is 31.3 Å². The molecule has 1 spiro atoms. The predicted molar refractivity (Wildman–Crippen MR) is 125 cm³/mol. The number of anilines is 1. The van der Waals surface area contributed by atoms with Gasteiger partial charge in [0.25, 0.3) is 5.89 Å². The molecule has 8 nitrogen and oxygen atoms in total. The Kier molecular flexibility index (Phi) is 5.05. The van der Waals surface area contributed by atoms with Crippen LogP contribution in [0.3, 0.4) is 0 Å². The van der Waals surface area contributed by atoms with Gasteiger partial charge in [-0.05, 0) is 29.8 Å². The summed E-state index contributed by atoms with van der Waals surface area (Å²) in [5.74, 6) is 2.53. The molecule has 2 aromatic heterocycles. The normalized spacial score (nSPS) is 16.8. The number of carbonyl (C=O) groups excluding carboxylic acids is 1. The molecule has 0 unspecified atom stereocenters. The molecule has 170 valence electrons. The van der Waals surface area contributed by atoms with Gasteiger partial charge in [-0.3, -0.25) is 4.79 Å². The van der Waals surface area contributed by atoms with Crippen molar-refractivity contribution < 1.29 is 13.9 Å². The van der Waals surface area contributed by atoms with Gasteiger partial charge in [-0.1, -0.05) is 42.5 Å². The summed E-state index contributed by atoms with van der Waals surface area (Å²) in [6.45, 7) is 1.48. The van der Waals surface area contributed by atoms with E-state index in [9.17, 15) is 4.79 Å². The summed E-state index contributed by atoms with van der Waals surface area (Å²) in [5.41, 5.74) is 1.90. The smallest absolute Gasteiger partial charge is 0.268 e. The maximum absolute atomic E-state index is 12.7. The first kappa shape index (κ1) is 20.5. The third-order valence-electron chi connectivity index (χ3n) is 6.53. The number of nitrogens with zero attached hydrogens (tertiary/aromatic N) is 5. The first-order valence-electron chi connectivity index (χ1n) is 11.4. The van der Waals surface area contributed by atoms with E-state index >= 15 is 0 Å². The molecule has 0 radical (unpaired) electrons. The number of ketones is 1. The summed E-state index contributed by atoms with van der Waals surface area (Å²) >= 11 is 0. The molecule has 4 aromatic rings. The second kappa shape index (κ2) is 8.37. The van der Waals surface area contributed by atoms with E-state index in [2.05, 4.69) is 25.3 Å². The predicted octanol–water partition coefficient (Wildman–Crippen LogP) is 4.12. The van der Waals surface area contributed by atoms with Crippen LogP contribution in [0.25, 0.3) is 11.6 Å². The summed E-state index contributed by atoms with van der Waals surface area (Å²) in [6.07, 6.45) is 2.50. The van der Waals surface area contributed by atoms with Crippen molar-refractivity contribution in [2.24, 2.45) is 0 Å². The first-order valence-corrected chi connectivity index (χ1v) is 11.4. The van der Waals surface area contributed by atoms with Gasteiger partial charge in [-0.2, -0.15) is 0 Å². The Hall–Kier alpha value is -4.07. The van der Waals surface area contributed by atoms with Crippen LogP contribution in [0.2, 0.25) is 0 Å². The van der Waals surface area contributed by atoms with Crippen LogP contribution in [0.4, 0.5) is 5.82 Å². The molecule has 1 fully saturated rings. The Labute approximate surface area is 196 Å². The van der Waals surface area contributed by atoms with Crippen LogP contribution in [0.5, 0.6) is 5.75 Å². The highest BCUT2D eigenvalue weighted by molar-refractivity contribution is 6.00. The van der Waals surface area contributed by atoms with E-state index in [4.69, 9.17) is 9.15 Å². The second-order valence-electron chi connectivity index (χ2n) is 8.81. The number of rotatable bonds is 4. The Morgan fingerprint density at radius 3 is 2.44 bits per heavy atom. The minimum atomic E-state index is -0.436. The van der Waals surface area contributed by atoms with Crippen LogP contribution >= 0.6 is 0 Å². The minimum Gasteiger partial charge on any atom is -0.486 e. The number of hydrogen-bond donors (Lipinski definition) is 0. The molecule has 0 saturated carbocycles. The fraction of sp³-hybridized carbons (Fsp3) is 0.269. The number of carbonyl (C=O) groups is 1. The van der Waals surface area contributed by atoms with Crippen LogP contribution in [0.1, 0.15) is 41.1 Å². The third kappa shape index (κ3) is 3.91. The number of piperidine rings is 1. The minimum absolute atomic E-state index is 0.158. The van der Waals surface area contributed by atoms with E-state index in [1.165, 1.54) is 0 Å². The molecule has 1 saturated heterocycles. The number of fused-ring (bicyclic) bond motifs is 1. The van der Waals surface area contributed by atoms with Gasteiger partial charge in [-0.25, -0.2) is 0 Å². The van der Waals surface area contributed by atoms with Crippen LogP contribution in [0, 0.1) is 0 Å². The van der Waals surface area contributed by atoms with Gasteiger partial charge in [0.15, 0.2) is 11.6 Å². The SMILES string of the molecule is O=C1CC2(CCN(c3ccc(-c4nnc(Cc5ccccc5)o4)nn3)CC2)Oc2ccccc21. The number of hydrogen-bond acceptors (Lipinski definition) is 8. The lowest BCUT2D eigenvalue weighted by Gasteiger charge is -2.44. The van der Waals surface area contributed by atoms with E-state index in [0.717, 1.165) is 37.3 Å². The van der Waals surface area contributed by atoms with Crippen molar-refractivity contribution in [3.05, 3.63) is 83.7 Å². The molecule has 0 amide bonds. The van der Waals surface area contributed by atoms with Crippen molar-refractivity contribution in [2.75, 3.05) is 18.0 Å². The maximum atomic E-state index is 12.7. The molecule has 0 atom stereocenters. The highest BCUT2D eigenvalue weighted by Crippen LogP contribution is 2.39. The molecule has 4 heterocycles. The van der Waals surface area contributed by atoms with Crippen LogP contribution < -0.4 is 9.64 Å². The standard InChI is InChI=1S/C26H23N5O3/c32-21-17-26(34-22-9-5-4-8-19(21)22)12-14-31(15-13-26)23-11-10-20(27-28-23)25-30-29-24(33-25)16-18-6-2-1-3-7-18/h1-11H,12-17H2. The van der Waals surface area contributed by atoms with Gasteiger partial charge in [0.1, 0.15) is 17.0 Å². The van der Waals surface area contributed by atoms with Crippen molar-refractivity contribution >= 4 is 11.6 Å². The quantitative estimate of drug-likeness (QED) is 0.455. The van der Waals surface area contributed by atoms with Crippen molar-refractivity contribution in [3.8, 4) is 17.3 Å². The molecule has 0 aliphatic carbocycles. The molecule has 2 aromatic carbocycles. The van der Waals surface area contributed by atoms with Crippen LogP contribution in [-0.4, -0.2) is 44.9 Å². The molecule has 8 heteroatoms. The summed E-state index contributed by atoms with van der Waals surface area (Å²) in [5, 5.41) is 17.0. The van der Waals surface area contributed by atoms with Gasteiger partial charge in [0.2, 0.25) is 5.89 Å². The van der Waals surface area contributed by atoms with E-state index in [0.29, 0.717) is 41.6 Å². The van der Waals surface area contributed by atoms with E-state index in [1.54, 1.807) is 0 Å². The fourth-order valence-corrected chi connectivity index (χ4v) is 4.67. The molecule has 2 aliphatic rings. The summed E-state index contributed by atoms with van der Waals surface area (Å²) in [7, 11) is 0. The van der Waals surface area contributed by atoms with Crippen molar-refractivity contribution in [1.29, 1.82) is 0 Å². The topological polar surface area (TPSA) is 94.2 Å². The van der Waals surface area contributed by atoms with Crippen molar-refractivity contribution in [1.82, 2.24) is 20.4 Å². The maximum Gasteiger partial charge on any atom is 0.268 e. The Morgan fingerprint density at radius 1 is 0.853 bits per heavy atom. The Bertz CT molecular complexity index is 1310. The Balaban J connectivity index is 1.11. The monoisotopic (exact) mass is 453 g/mol. The number of aromatic nitrogens is 4. The number of Topliss-reactive ketones (excluding diaryl/α,β-unsaturated/α-hetero) is 1. The zero-order chi connectivity index (χ0) is 23.0. The average Bonchev–Trinajstić information content (AvgIpc) is 3.34. The first-order chi connectivity index (χ1) is 16.7. The van der Waals surface area contributed by atoms with E-state index in [1.807, 2.05) is 66.7 Å². The Morgan fingerprint density at radius 2 is 1.65 bits per heavy atom. The zero-order valence-corrected chi connectivity index (χ0v) is 18.6. The lowest BCUT2D eigenvalue weighted by molar-refractivity contribution is 0.0231. The summed E-state index contributed by atoms with van der Waals surface area (Å²) in [6, 6.07) is 21.3. The molecule has 0 N–H and O–H groups in total. The van der Waals surface area contributed by atoms with Crippen LogP contribution in [0.15, 0.2) is 71.1 Å². The fourth-order valence-electron chi connectivity index (χ4n) is 4.67. The zero-order valence-electron chi connectivity index (χ0n) is 18.6. The van der Waals surface area contributed by atoms with E-state index in [-0.39, 0.29) is 5.78 Å². The third-order valence-corrected chi connectivity index (χ3v) is 6.53. The number of ether oxygens (including phenoxy) is 1. The van der Waals surface area contributed by atoms with Crippen molar-refractivity contribution in [3.63, 3.8) is 0 Å². The summed E-state index contributed by atoms with van der Waals surface area (Å²) in [4.78, 5) is 14.8. The van der Waals surface area contributed by atoms with Gasteiger partial charge in [0, 0.05) is 25.9 Å². The molecule has 2 aliphatic heterocycles. The lowest BCUT2D eigenvalue weighted by Crippen LogP contribution is -2.51. The lowest BCUT2D eigenvalue weighted by atomic mass is 9.82. The molecular formula is C26H23N5O3. The highest BCUT2D eigenvalue weighted by atomic mass is 16.5. The molecule has 0 bridgehead atoms. The molecular weight excluding hydrogens is 430 g/mol. The van der Waals surface area contributed by atoms with Gasteiger partial charge >= 0.3 is 0 Å². The molecule has 34 heavy (non-hydrogen) atoms. The highest BCUT2D eigenvalue weighted by Gasteiger charge is 2.43. The van der Waals surface area contributed by atoms with Gasteiger partial charge in [-0.15, -0.1) is 20.4 Å². The average molecular weight is 454 g/mol. The largest absolute Gasteiger partial charge is 0.486 e. The second-order valence-corrected chi connectivity index (χ2v) is 8.81.